The topological polar surface area (TPSA) is 58.6 Å². The predicted molar refractivity (Wildman–Crippen MR) is 67.0 cm³/mol. The summed E-state index contributed by atoms with van der Waals surface area (Å²) in [6.45, 7) is 8.72. The van der Waals surface area contributed by atoms with E-state index in [1.807, 2.05) is 20.8 Å². The Kier molecular flexibility index (Phi) is 4.08. The van der Waals surface area contributed by atoms with E-state index in [0.717, 1.165) is 0 Å². The summed E-state index contributed by atoms with van der Waals surface area (Å²) in [7, 11) is 0. The van der Waals surface area contributed by atoms with Gasteiger partial charge in [-0.15, -0.1) is 0 Å². The number of alkyl halides is 1. The molecule has 0 saturated heterocycles. The minimum absolute atomic E-state index is 0.0252. The Bertz CT molecular complexity index is 325. The van der Waals surface area contributed by atoms with E-state index in [1.54, 1.807) is 0 Å². The second-order valence-electron chi connectivity index (χ2n) is 6.06. The minimum Gasteiger partial charge on any atom is -0.387 e. The molecule has 0 bridgehead atoms. The van der Waals surface area contributed by atoms with Gasteiger partial charge in [-0.25, -0.2) is 4.39 Å². The molecule has 106 valence electrons. The van der Waals surface area contributed by atoms with Gasteiger partial charge in [-0.2, -0.15) is 0 Å². The van der Waals surface area contributed by atoms with Gasteiger partial charge in [-0.1, -0.05) is 13.8 Å². The Morgan fingerprint density at radius 3 is 2.50 bits per heavy atom. The quantitative estimate of drug-likeness (QED) is 0.787. The van der Waals surface area contributed by atoms with E-state index in [0.29, 0.717) is 13.0 Å². The summed E-state index contributed by atoms with van der Waals surface area (Å²) in [5.74, 6) is -0.702. The monoisotopic (exact) mass is 261 g/mol. The normalized spacial score (nSPS) is 30.7. The van der Waals surface area contributed by atoms with Crippen molar-refractivity contribution in [1.82, 2.24) is 5.32 Å². The Morgan fingerprint density at radius 1 is 1.56 bits per heavy atom. The highest BCUT2D eigenvalue weighted by Gasteiger charge is 2.60. The third kappa shape index (κ3) is 2.67. The van der Waals surface area contributed by atoms with Crippen molar-refractivity contribution in [2.24, 2.45) is 5.41 Å². The van der Waals surface area contributed by atoms with E-state index < -0.39 is 22.6 Å². The van der Waals surface area contributed by atoms with Crippen LogP contribution in [0.5, 0.6) is 0 Å². The summed E-state index contributed by atoms with van der Waals surface area (Å²) in [5.41, 5.74) is -3.41. The Morgan fingerprint density at radius 2 is 2.11 bits per heavy atom. The van der Waals surface area contributed by atoms with Gasteiger partial charge < -0.3 is 15.2 Å². The molecular weight excluding hydrogens is 237 g/mol. The molecule has 2 atom stereocenters. The van der Waals surface area contributed by atoms with Crippen LogP contribution in [0.4, 0.5) is 4.39 Å². The van der Waals surface area contributed by atoms with Crippen LogP contribution < -0.4 is 5.32 Å². The van der Waals surface area contributed by atoms with Crippen LogP contribution in [0.2, 0.25) is 0 Å². The molecule has 0 aromatic rings. The van der Waals surface area contributed by atoms with Gasteiger partial charge in [-0.3, -0.25) is 4.79 Å². The molecule has 0 spiro atoms. The van der Waals surface area contributed by atoms with Crippen molar-refractivity contribution in [2.75, 3.05) is 13.2 Å². The summed E-state index contributed by atoms with van der Waals surface area (Å²) < 4.78 is 18.9. The van der Waals surface area contributed by atoms with E-state index in [4.69, 9.17) is 4.74 Å². The van der Waals surface area contributed by atoms with E-state index in [1.165, 1.54) is 13.8 Å². The molecule has 1 rings (SSSR count). The molecule has 2 N–H and O–H groups in total. The second-order valence-corrected chi connectivity index (χ2v) is 6.06. The first-order valence-corrected chi connectivity index (χ1v) is 6.36. The maximum absolute atomic E-state index is 13.4. The molecular formula is C13H24FNO3. The number of carbonyl (C=O) groups excluding carboxylic acids is 1. The van der Waals surface area contributed by atoms with E-state index in [9.17, 15) is 14.3 Å². The number of amides is 1. The molecule has 18 heavy (non-hydrogen) atoms. The zero-order valence-corrected chi connectivity index (χ0v) is 11.8. The van der Waals surface area contributed by atoms with Crippen molar-refractivity contribution < 1.29 is 19.0 Å². The summed E-state index contributed by atoms with van der Waals surface area (Å²) in [4.78, 5) is 11.4. The molecule has 1 aliphatic carbocycles. The van der Waals surface area contributed by atoms with Crippen LogP contribution in [0.25, 0.3) is 0 Å². The predicted octanol–water partition coefficient (Wildman–Crippen LogP) is 1.42. The summed E-state index contributed by atoms with van der Waals surface area (Å²) in [6.07, 6.45) is 0.434. The van der Waals surface area contributed by atoms with Gasteiger partial charge in [0.1, 0.15) is 0 Å². The largest absolute Gasteiger partial charge is 0.387 e. The molecule has 1 saturated carbocycles. The number of hydrogen-bond acceptors (Lipinski definition) is 3. The number of aliphatic hydroxyl groups is 1. The van der Waals surface area contributed by atoms with Gasteiger partial charge in [0.05, 0.1) is 11.7 Å². The molecule has 0 aromatic heterocycles. The fourth-order valence-electron chi connectivity index (χ4n) is 2.20. The lowest BCUT2D eigenvalue weighted by molar-refractivity contribution is -0.238. The van der Waals surface area contributed by atoms with Crippen molar-refractivity contribution in [2.45, 2.75) is 58.4 Å². The van der Waals surface area contributed by atoms with Crippen LogP contribution in [0, 0.1) is 5.41 Å². The van der Waals surface area contributed by atoms with Crippen LogP contribution >= 0.6 is 0 Å². The van der Waals surface area contributed by atoms with Crippen LogP contribution in [0.1, 0.15) is 41.0 Å². The summed E-state index contributed by atoms with van der Waals surface area (Å²) in [5, 5.41) is 12.9. The van der Waals surface area contributed by atoms with Gasteiger partial charge in [0.2, 0.25) is 0 Å². The molecule has 0 heterocycles. The highest BCUT2D eigenvalue weighted by molar-refractivity contribution is 5.84. The summed E-state index contributed by atoms with van der Waals surface area (Å²) in [6, 6.07) is 0. The van der Waals surface area contributed by atoms with Crippen molar-refractivity contribution in [3.63, 3.8) is 0 Å². The summed E-state index contributed by atoms with van der Waals surface area (Å²) >= 11 is 0. The van der Waals surface area contributed by atoms with Gasteiger partial charge in [0.25, 0.3) is 5.91 Å². The number of nitrogens with one attached hydrogen (secondary N) is 1. The van der Waals surface area contributed by atoms with Crippen LogP contribution in [-0.4, -0.2) is 41.5 Å². The maximum atomic E-state index is 13.4. The lowest BCUT2D eigenvalue weighted by Crippen LogP contribution is -2.69. The smallest absolute Gasteiger partial charge is 0.257 e. The van der Waals surface area contributed by atoms with Crippen molar-refractivity contribution in [1.29, 1.82) is 0 Å². The number of hydrogen-bond donors (Lipinski definition) is 2. The van der Waals surface area contributed by atoms with Crippen molar-refractivity contribution in [3.8, 4) is 0 Å². The fraction of sp³-hybridized carbons (Fsp3) is 0.923. The molecule has 1 fully saturated rings. The van der Waals surface area contributed by atoms with Gasteiger partial charge >= 0.3 is 0 Å². The van der Waals surface area contributed by atoms with Crippen molar-refractivity contribution >= 4 is 5.91 Å². The van der Waals surface area contributed by atoms with E-state index in [2.05, 4.69) is 5.32 Å². The first kappa shape index (κ1) is 15.4. The van der Waals surface area contributed by atoms with E-state index in [-0.39, 0.29) is 12.6 Å². The first-order chi connectivity index (χ1) is 8.04. The molecule has 0 unspecified atom stereocenters. The van der Waals surface area contributed by atoms with Gasteiger partial charge in [-0.05, 0) is 20.8 Å². The van der Waals surface area contributed by atoms with Gasteiger partial charge in [0, 0.05) is 25.0 Å². The Balaban J connectivity index is 2.56. The highest BCUT2D eigenvalue weighted by atomic mass is 19.1. The van der Waals surface area contributed by atoms with E-state index >= 15 is 0 Å². The zero-order chi connectivity index (χ0) is 14.2. The Labute approximate surface area is 108 Å². The lowest BCUT2D eigenvalue weighted by Gasteiger charge is -2.58. The number of ether oxygens (including phenoxy) is 1. The average Bonchev–Trinajstić information content (AvgIpc) is 2.24. The average molecular weight is 261 g/mol. The standard InChI is InChI=1S/C13H24FNO3/c1-6-18-9-7-13(17,11(9,2)3)8-15-10(16)12(4,5)14/h9,17H,6-8H2,1-5H3,(H,15,16)/t9-,13-/m1/s1. The zero-order valence-electron chi connectivity index (χ0n) is 11.8. The molecule has 0 radical (unpaired) electrons. The fourth-order valence-corrected chi connectivity index (χ4v) is 2.20. The third-order valence-corrected chi connectivity index (χ3v) is 3.98. The lowest BCUT2D eigenvalue weighted by atomic mass is 9.56. The first-order valence-electron chi connectivity index (χ1n) is 6.36. The molecule has 4 nitrogen and oxygen atoms in total. The Hall–Kier alpha value is -0.680. The van der Waals surface area contributed by atoms with Crippen LogP contribution in [0.3, 0.4) is 0 Å². The highest BCUT2D eigenvalue weighted by Crippen LogP contribution is 2.50. The number of rotatable bonds is 5. The third-order valence-electron chi connectivity index (χ3n) is 3.98. The SMILES string of the molecule is CCO[C@@H]1C[C@@](O)(CNC(=O)C(C)(C)F)C1(C)C. The maximum Gasteiger partial charge on any atom is 0.257 e. The van der Waals surface area contributed by atoms with Crippen molar-refractivity contribution in [3.05, 3.63) is 0 Å². The molecule has 0 aromatic carbocycles. The second kappa shape index (κ2) is 4.78. The van der Waals surface area contributed by atoms with Crippen LogP contribution in [0.15, 0.2) is 0 Å². The number of carbonyl (C=O) groups is 1. The number of halogens is 1. The molecule has 1 amide bonds. The van der Waals surface area contributed by atoms with Gasteiger partial charge in [0.15, 0.2) is 5.67 Å². The minimum atomic E-state index is -1.93. The molecule has 1 aliphatic rings. The van der Waals surface area contributed by atoms with Crippen LogP contribution in [-0.2, 0) is 9.53 Å². The molecule has 0 aliphatic heterocycles. The molecule has 5 heteroatoms.